The normalized spacial score (nSPS) is 10.0. The molecule has 0 fully saturated rings. The van der Waals surface area contributed by atoms with Crippen molar-refractivity contribution in [3.05, 3.63) is 42.2 Å². The van der Waals surface area contributed by atoms with Crippen LogP contribution < -0.4 is 0 Å². The molecule has 2 N–H and O–H groups in total. The Bertz CT molecular complexity index is 526. The van der Waals surface area contributed by atoms with Crippen molar-refractivity contribution in [2.45, 2.75) is 0 Å². The van der Waals surface area contributed by atoms with Gasteiger partial charge in [-0.2, -0.15) is 0 Å². The van der Waals surface area contributed by atoms with Crippen LogP contribution in [-0.2, 0) is 0 Å². The smallest absolute Gasteiger partial charge is 0.339 e. The summed E-state index contributed by atoms with van der Waals surface area (Å²) >= 11 is 0. The van der Waals surface area contributed by atoms with E-state index in [9.17, 15) is 9.90 Å². The lowest BCUT2D eigenvalue weighted by molar-refractivity contribution is 0.0694. The van der Waals surface area contributed by atoms with Crippen LogP contribution in [0, 0.1) is 0 Å². The molecule has 1 heterocycles. The van der Waals surface area contributed by atoms with Gasteiger partial charge < -0.3 is 10.2 Å². The van der Waals surface area contributed by atoms with Crippen molar-refractivity contribution in [1.82, 2.24) is 9.97 Å². The number of hydrogen-bond acceptors (Lipinski definition) is 4. The van der Waals surface area contributed by atoms with Crippen LogP contribution in [-0.4, -0.2) is 26.2 Å². The van der Waals surface area contributed by atoms with E-state index in [1.165, 1.54) is 12.1 Å². The number of carbonyl (C=O) groups is 1. The molecule has 5 heteroatoms. The molecule has 16 heavy (non-hydrogen) atoms. The molecule has 0 unspecified atom stereocenters. The molecule has 0 atom stereocenters. The van der Waals surface area contributed by atoms with Gasteiger partial charge in [-0.3, -0.25) is 0 Å². The van der Waals surface area contributed by atoms with E-state index in [0.717, 1.165) is 0 Å². The Hall–Kier alpha value is -2.43. The molecule has 0 radical (unpaired) electrons. The summed E-state index contributed by atoms with van der Waals surface area (Å²) in [5.74, 6) is -1.02. The number of rotatable bonds is 2. The first kappa shape index (κ1) is 10.1. The van der Waals surface area contributed by atoms with E-state index in [1.54, 1.807) is 24.5 Å². The maximum absolute atomic E-state index is 10.7. The fourth-order valence-electron chi connectivity index (χ4n) is 1.30. The predicted molar refractivity (Wildman–Crippen MR) is 56.1 cm³/mol. The monoisotopic (exact) mass is 216 g/mol. The topological polar surface area (TPSA) is 83.3 Å². The van der Waals surface area contributed by atoms with Crippen molar-refractivity contribution < 1.29 is 15.0 Å². The molecular formula is C11H8N2O3. The fourth-order valence-corrected chi connectivity index (χ4v) is 1.30. The van der Waals surface area contributed by atoms with E-state index < -0.39 is 5.97 Å². The highest BCUT2D eigenvalue weighted by Crippen LogP contribution is 2.23. The second-order valence-corrected chi connectivity index (χ2v) is 3.11. The van der Waals surface area contributed by atoms with Crippen LogP contribution in [0.5, 0.6) is 5.75 Å². The third kappa shape index (κ3) is 1.83. The van der Waals surface area contributed by atoms with Gasteiger partial charge in [0, 0.05) is 18.0 Å². The van der Waals surface area contributed by atoms with E-state index in [0.29, 0.717) is 11.4 Å². The first-order valence-corrected chi connectivity index (χ1v) is 4.52. The number of aromatic carboxylic acids is 1. The molecule has 0 amide bonds. The maximum atomic E-state index is 10.7. The van der Waals surface area contributed by atoms with Crippen LogP contribution in [0.1, 0.15) is 10.4 Å². The van der Waals surface area contributed by atoms with Crippen molar-refractivity contribution in [2.75, 3.05) is 0 Å². The lowest BCUT2D eigenvalue weighted by atomic mass is 10.1. The van der Waals surface area contributed by atoms with Gasteiger partial charge >= 0.3 is 5.97 Å². The highest BCUT2D eigenvalue weighted by atomic mass is 16.4. The Morgan fingerprint density at radius 3 is 2.44 bits per heavy atom. The van der Waals surface area contributed by atoms with Gasteiger partial charge in [0.15, 0.2) is 5.82 Å². The van der Waals surface area contributed by atoms with E-state index >= 15 is 0 Å². The molecule has 0 spiro atoms. The summed E-state index contributed by atoms with van der Waals surface area (Å²) in [4.78, 5) is 18.7. The van der Waals surface area contributed by atoms with Crippen LogP contribution >= 0.6 is 0 Å². The van der Waals surface area contributed by atoms with Gasteiger partial charge in [0.2, 0.25) is 0 Å². The molecule has 1 aromatic heterocycles. The predicted octanol–water partition coefficient (Wildman–Crippen LogP) is 1.55. The first-order chi connectivity index (χ1) is 7.68. The lowest BCUT2D eigenvalue weighted by Gasteiger charge is -2.02. The van der Waals surface area contributed by atoms with Crippen LogP contribution in [0.25, 0.3) is 11.4 Å². The van der Waals surface area contributed by atoms with Gasteiger partial charge in [-0.1, -0.05) is 6.07 Å². The minimum absolute atomic E-state index is 0.139. The van der Waals surface area contributed by atoms with Gasteiger partial charge in [-0.15, -0.1) is 0 Å². The molecule has 0 bridgehead atoms. The third-order valence-electron chi connectivity index (χ3n) is 2.05. The number of aromatic nitrogens is 2. The summed E-state index contributed by atoms with van der Waals surface area (Å²) in [5, 5.41) is 18.2. The molecule has 2 aromatic rings. The molecule has 0 aliphatic rings. The molecule has 0 saturated heterocycles. The van der Waals surface area contributed by atoms with Gasteiger partial charge in [-0.25, -0.2) is 14.8 Å². The quantitative estimate of drug-likeness (QED) is 0.795. The van der Waals surface area contributed by atoms with Gasteiger partial charge in [0.1, 0.15) is 11.3 Å². The Balaban J connectivity index is 2.46. The molecule has 1 aromatic carbocycles. The summed E-state index contributed by atoms with van der Waals surface area (Å²) in [6.45, 7) is 0. The second-order valence-electron chi connectivity index (χ2n) is 3.11. The average Bonchev–Trinajstić information content (AvgIpc) is 2.29. The summed E-state index contributed by atoms with van der Waals surface area (Å²) in [6.07, 6.45) is 3.15. The summed E-state index contributed by atoms with van der Waals surface area (Å²) in [6, 6.07) is 5.88. The Morgan fingerprint density at radius 1 is 1.19 bits per heavy atom. The average molecular weight is 216 g/mol. The van der Waals surface area contributed by atoms with Crippen molar-refractivity contribution in [1.29, 1.82) is 0 Å². The molecule has 0 aliphatic carbocycles. The second kappa shape index (κ2) is 3.98. The summed E-state index contributed by atoms with van der Waals surface area (Å²) in [7, 11) is 0. The fraction of sp³-hybridized carbons (Fsp3) is 0. The van der Waals surface area contributed by atoms with Gasteiger partial charge in [0.25, 0.3) is 0 Å². The zero-order valence-corrected chi connectivity index (χ0v) is 8.16. The first-order valence-electron chi connectivity index (χ1n) is 4.52. The van der Waals surface area contributed by atoms with Crippen molar-refractivity contribution in [3.63, 3.8) is 0 Å². The molecular weight excluding hydrogens is 208 g/mol. The Labute approximate surface area is 91.0 Å². The zero-order valence-electron chi connectivity index (χ0n) is 8.16. The molecule has 80 valence electrons. The highest BCUT2D eigenvalue weighted by Gasteiger charge is 2.10. The van der Waals surface area contributed by atoms with Crippen molar-refractivity contribution in [3.8, 4) is 17.1 Å². The summed E-state index contributed by atoms with van der Waals surface area (Å²) in [5.41, 5.74) is 0.433. The molecule has 0 saturated carbocycles. The van der Waals surface area contributed by atoms with E-state index in [4.69, 9.17) is 5.11 Å². The highest BCUT2D eigenvalue weighted by molar-refractivity contribution is 5.91. The van der Waals surface area contributed by atoms with E-state index in [2.05, 4.69) is 9.97 Å². The van der Waals surface area contributed by atoms with Crippen LogP contribution in [0.4, 0.5) is 0 Å². The van der Waals surface area contributed by atoms with Crippen molar-refractivity contribution in [2.24, 2.45) is 0 Å². The van der Waals surface area contributed by atoms with Crippen LogP contribution in [0.2, 0.25) is 0 Å². The third-order valence-corrected chi connectivity index (χ3v) is 2.05. The SMILES string of the molecule is O=C(O)c1ccc(-c2ncccn2)cc1O. The Kier molecular flexibility index (Phi) is 2.51. The number of hydrogen-bond donors (Lipinski definition) is 2. The molecule has 0 aliphatic heterocycles. The van der Waals surface area contributed by atoms with Crippen LogP contribution in [0.3, 0.4) is 0 Å². The lowest BCUT2D eigenvalue weighted by Crippen LogP contribution is -1.97. The number of carboxylic acids is 1. The standard InChI is InChI=1S/C11H8N2O3/c14-9-6-7(2-3-8(9)11(15)16)10-12-4-1-5-13-10/h1-6,14H,(H,15,16). The Morgan fingerprint density at radius 2 is 1.88 bits per heavy atom. The number of benzene rings is 1. The van der Waals surface area contributed by atoms with Crippen LogP contribution in [0.15, 0.2) is 36.7 Å². The largest absolute Gasteiger partial charge is 0.507 e. The number of phenols is 1. The van der Waals surface area contributed by atoms with E-state index in [1.807, 2.05) is 0 Å². The minimum atomic E-state index is -1.17. The molecule has 2 rings (SSSR count). The summed E-state index contributed by atoms with van der Waals surface area (Å²) < 4.78 is 0. The van der Waals surface area contributed by atoms with Crippen molar-refractivity contribution >= 4 is 5.97 Å². The van der Waals surface area contributed by atoms with Gasteiger partial charge in [-0.05, 0) is 18.2 Å². The van der Waals surface area contributed by atoms with E-state index in [-0.39, 0.29) is 11.3 Å². The molecule has 5 nitrogen and oxygen atoms in total. The maximum Gasteiger partial charge on any atom is 0.339 e. The number of nitrogens with zero attached hydrogens (tertiary/aromatic N) is 2. The minimum Gasteiger partial charge on any atom is -0.507 e. The number of carboxylic acid groups (broad SMARTS) is 1. The number of aromatic hydroxyl groups is 1. The van der Waals surface area contributed by atoms with Gasteiger partial charge in [0.05, 0.1) is 0 Å². The zero-order chi connectivity index (χ0) is 11.5.